The topological polar surface area (TPSA) is 42.7 Å². The first-order valence-corrected chi connectivity index (χ1v) is 7.62. The van der Waals surface area contributed by atoms with Crippen molar-refractivity contribution in [2.45, 2.75) is 12.6 Å². The summed E-state index contributed by atoms with van der Waals surface area (Å²) in [6, 6.07) is 9.66. The van der Waals surface area contributed by atoms with Gasteiger partial charge in [0.2, 0.25) is 5.78 Å². The number of hydrogen-bond donors (Lipinski definition) is 0. The number of alkyl halides is 1. The van der Waals surface area contributed by atoms with Crippen LogP contribution in [0.4, 0.5) is 10.2 Å². The van der Waals surface area contributed by atoms with Gasteiger partial charge in [-0.25, -0.2) is 9.37 Å². The SMILES string of the molecule is COc1ccc(-c2cn3ccc(N4CC[C@H](F)C4)nc3n2)cc1. The Labute approximate surface area is 133 Å². The lowest BCUT2D eigenvalue weighted by atomic mass is 10.2. The van der Waals surface area contributed by atoms with Gasteiger partial charge in [-0.2, -0.15) is 4.98 Å². The number of aromatic nitrogens is 3. The van der Waals surface area contributed by atoms with E-state index in [4.69, 9.17) is 4.74 Å². The number of imidazole rings is 1. The van der Waals surface area contributed by atoms with E-state index in [-0.39, 0.29) is 0 Å². The predicted molar refractivity (Wildman–Crippen MR) is 86.7 cm³/mol. The lowest BCUT2D eigenvalue weighted by Gasteiger charge is -2.15. The minimum atomic E-state index is -0.761. The zero-order valence-corrected chi connectivity index (χ0v) is 12.8. The van der Waals surface area contributed by atoms with E-state index in [0.29, 0.717) is 25.3 Å². The molecule has 23 heavy (non-hydrogen) atoms. The molecule has 6 heteroatoms. The van der Waals surface area contributed by atoms with Gasteiger partial charge >= 0.3 is 0 Å². The Balaban J connectivity index is 1.67. The molecule has 118 valence electrons. The van der Waals surface area contributed by atoms with E-state index in [9.17, 15) is 4.39 Å². The molecular formula is C17H17FN4O. The quantitative estimate of drug-likeness (QED) is 0.746. The molecule has 3 heterocycles. The van der Waals surface area contributed by atoms with E-state index in [1.807, 2.05) is 52.0 Å². The van der Waals surface area contributed by atoms with Gasteiger partial charge in [-0.15, -0.1) is 0 Å². The van der Waals surface area contributed by atoms with Crippen LogP contribution in [0.1, 0.15) is 6.42 Å². The zero-order chi connectivity index (χ0) is 15.8. The number of methoxy groups -OCH3 is 1. The standard InChI is InChI=1S/C17H17FN4O/c1-23-14-4-2-12(3-5-14)15-11-22-9-7-16(20-17(22)19-15)21-8-6-13(18)10-21/h2-5,7,9,11,13H,6,8,10H2,1H3/t13-/m0/s1. The maximum absolute atomic E-state index is 13.4. The Morgan fingerprint density at radius 3 is 2.70 bits per heavy atom. The molecule has 0 saturated carbocycles. The Morgan fingerprint density at radius 1 is 1.17 bits per heavy atom. The monoisotopic (exact) mass is 312 g/mol. The number of fused-ring (bicyclic) bond motifs is 1. The zero-order valence-electron chi connectivity index (χ0n) is 12.8. The van der Waals surface area contributed by atoms with Gasteiger partial charge in [-0.05, 0) is 36.8 Å². The molecule has 0 radical (unpaired) electrons. The Bertz CT molecular complexity index is 830. The van der Waals surface area contributed by atoms with Crippen molar-refractivity contribution in [1.29, 1.82) is 0 Å². The molecule has 0 unspecified atom stereocenters. The fraction of sp³-hybridized carbons (Fsp3) is 0.294. The van der Waals surface area contributed by atoms with Crippen LogP contribution in [0.3, 0.4) is 0 Å². The lowest BCUT2D eigenvalue weighted by molar-refractivity contribution is 0.364. The highest BCUT2D eigenvalue weighted by molar-refractivity contribution is 5.63. The first-order valence-electron chi connectivity index (χ1n) is 7.62. The van der Waals surface area contributed by atoms with Crippen molar-refractivity contribution >= 4 is 11.6 Å². The summed E-state index contributed by atoms with van der Waals surface area (Å²) in [5.74, 6) is 2.22. The van der Waals surface area contributed by atoms with Crippen LogP contribution in [0, 0.1) is 0 Å². The summed E-state index contributed by atoms with van der Waals surface area (Å²) in [6.07, 6.45) is 3.67. The summed E-state index contributed by atoms with van der Waals surface area (Å²) in [4.78, 5) is 11.1. The van der Waals surface area contributed by atoms with Gasteiger partial charge in [0.1, 0.15) is 17.7 Å². The molecule has 0 bridgehead atoms. The molecule has 0 amide bonds. The van der Waals surface area contributed by atoms with Gasteiger partial charge in [0.05, 0.1) is 19.3 Å². The van der Waals surface area contributed by atoms with Crippen LogP contribution >= 0.6 is 0 Å². The van der Waals surface area contributed by atoms with Gasteiger partial charge < -0.3 is 9.64 Å². The highest BCUT2D eigenvalue weighted by atomic mass is 19.1. The first kappa shape index (κ1) is 14.0. The summed E-state index contributed by atoms with van der Waals surface area (Å²) in [7, 11) is 1.64. The predicted octanol–water partition coefficient (Wildman–Crippen LogP) is 2.95. The van der Waals surface area contributed by atoms with E-state index >= 15 is 0 Å². The van der Waals surface area contributed by atoms with Crippen molar-refractivity contribution in [3.8, 4) is 17.0 Å². The number of halogens is 1. The number of anilines is 1. The van der Waals surface area contributed by atoms with Crippen molar-refractivity contribution in [1.82, 2.24) is 14.4 Å². The van der Waals surface area contributed by atoms with Crippen LogP contribution in [-0.2, 0) is 0 Å². The number of nitrogens with zero attached hydrogens (tertiary/aromatic N) is 4. The number of ether oxygens (including phenoxy) is 1. The van der Waals surface area contributed by atoms with E-state index in [2.05, 4.69) is 9.97 Å². The highest BCUT2D eigenvalue weighted by Crippen LogP contribution is 2.24. The third kappa shape index (κ3) is 2.60. The molecule has 0 spiro atoms. The van der Waals surface area contributed by atoms with E-state index in [1.165, 1.54) is 0 Å². The Hall–Kier alpha value is -2.63. The van der Waals surface area contributed by atoms with Gasteiger partial charge in [-0.3, -0.25) is 4.40 Å². The Morgan fingerprint density at radius 2 is 2.00 bits per heavy atom. The van der Waals surface area contributed by atoms with E-state index in [1.54, 1.807) is 7.11 Å². The summed E-state index contributed by atoms with van der Waals surface area (Å²) < 4.78 is 20.4. The van der Waals surface area contributed by atoms with Crippen LogP contribution in [-0.4, -0.2) is 40.7 Å². The fourth-order valence-corrected chi connectivity index (χ4v) is 2.87. The maximum Gasteiger partial charge on any atom is 0.236 e. The van der Waals surface area contributed by atoms with Crippen molar-refractivity contribution < 1.29 is 9.13 Å². The van der Waals surface area contributed by atoms with Gasteiger partial charge in [0.25, 0.3) is 0 Å². The number of benzene rings is 1. The molecule has 0 N–H and O–H groups in total. The van der Waals surface area contributed by atoms with Crippen molar-refractivity contribution in [2.75, 3.05) is 25.1 Å². The summed E-state index contributed by atoms with van der Waals surface area (Å²) >= 11 is 0. The Kier molecular flexibility index (Phi) is 3.37. The van der Waals surface area contributed by atoms with Crippen LogP contribution in [0.25, 0.3) is 17.0 Å². The molecule has 1 saturated heterocycles. The third-order valence-corrected chi connectivity index (χ3v) is 4.15. The van der Waals surface area contributed by atoms with Crippen molar-refractivity contribution in [3.63, 3.8) is 0 Å². The fourth-order valence-electron chi connectivity index (χ4n) is 2.87. The van der Waals surface area contributed by atoms with Crippen molar-refractivity contribution in [3.05, 3.63) is 42.7 Å². The second-order valence-electron chi connectivity index (χ2n) is 5.68. The lowest BCUT2D eigenvalue weighted by Crippen LogP contribution is -2.21. The largest absolute Gasteiger partial charge is 0.497 e. The maximum atomic E-state index is 13.4. The minimum absolute atomic E-state index is 0.412. The van der Waals surface area contributed by atoms with Gasteiger partial charge in [0.15, 0.2) is 0 Å². The van der Waals surface area contributed by atoms with E-state index in [0.717, 1.165) is 22.8 Å². The second kappa shape index (κ2) is 5.53. The molecule has 1 aliphatic rings. The summed E-state index contributed by atoms with van der Waals surface area (Å²) in [6.45, 7) is 1.12. The summed E-state index contributed by atoms with van der Waals surface area (Å²) in [5, 5.41) is 0. The van der Waals surface area contributed by atoms with Gasteiger partial charge in [-0.1, -0.05) is 0 Å². The molecule has 1 fully saturated rings. The molecule has 1 aromatic carbocycles. The number of rotatable bonds is 3. The molecule has 4 rings (SSSR count). The van der Waals surface area contributed by atoms with E-state index < -0.39 is 6.17 Å². The molecule has 5 nitrogen and oxygen atoms in total. The number of hydrogen-bond acceptors (Lipinski definition) is 4. The smallest absolute Gasteiger partial charge is 0.236 e. The van der Waals surface area contributed by atoms with Crippen LogP contribution in [0.2, 0.25) is 0 Å². The average molecular weight is 312 g/mol. The minimum Gasteiger partial charge on any atom is -0.497 e. The van der Waals surface area contributed by atoms with Crippen LogP contribution in [0.15, 0.2) is 42.7 Å². The van der Waals surface area contributed by atoms with Crippen LogP contribution in [0.5, 0.6) is 5.75 Å². The van der Waals surface area contributed by atoms with Crippen LogP contribution < -0.4 is 9.64 Å². The van der Waals surface area contributed by atoms with Crippen molar-refractivity contribution in [2.24, 2.45) is 0 Å². The molecule has 1 aliphatic heterocycles. The average Bonchev–Trinajstić information content (AvgIpc) is 3.20. The molecule has 2 aromatic heterocycles. The molecule has 0 aliphatic carbocycles. The third-order valence-electron chi connectivity index (χ3n) is 4.15. The molecule has 3 aromatic rings. The normalized spacial score (nSPS) is 17.8. The summed E-state index contributed by atoms with van der Waals surface area (Å²) in [5.41, 5.74) is 1.85. The van der Waals surface area contributed by atoms with Gasteiger partial charge in [0, 0.05) is 24.5 Å². The first-order chi connectivity index (χ1) is 11.2. The second-order valence-corrected chi connectivity index (χ2v) is 5.68. The molecular weight excluding hydrogens is 295 g/mol. The highest BCUT2D eigenvalue weighted by Gasteiger charge is 2.23. The molecule has 1 atom stereocenters.